The van der Waals surface area contributed by atoms with Gasteiger partial charge in [-0.1, -0.05) is 59.8 Å². The number of hydrogen-bond donors (Lipinski definition) is 1. The third-order valence-electron chi connectivity index (χ3n) is 5.07. The van der Waals surface area contributed by atoms with Gasteiger partial charge in [-0.3, -0.25) is 9.59 Å². The zero-order valence-electron chi connectivity index (χ0n) is 18.7. The van der Waals surface area contributed by atoms with E-state index in [0.717, 1.165) is 22.5 Å². The molecule has 0 saturated carbocycles. The van der Waals surface area contributed by atoms with Gasteiger partial charge in [0.2, 0.25) is 6.10 Å². The van der Waals surface area contributed by atoms with Gasteiger partial charge >= 0.3 is 5.97 Å². The minimum absolute atomic E-state index is 0.130. The molecule has 1 N–H and O–H groups in total. The first-order valence-electron chi connectivity index (χ1n) is 10.4. The van der Waals surface area contributed by atoms with Crippen molar-refractivity contribution in [3.63, 3.8) is 0 Å². The van der Waals surface area contributed by atoms with E-state index in [-0.39, 0.29) is 6.42 Å². The molecule has 2 aromatic carbocycles. The van der Waals surface area contributed by atoms with Crippen molar-refractivity contribution in [1.29, 1.82) is 0 Å². The van der Waals surface area contributed by atoms with Crippen LogP contribution >= 0.6 is 11.8 Å². The lowest BCUT2D eigenvalue weighted by Gasteiger charge is -2.18. The fraction of sp³-hybridized carbons (Fsp3) is 0.280. The van der Waals surface area contributed by atoms with Crippen LogP contribution in [0.2, 0.25) is 0 Å². The smallest absolute Gasteiger partial charge is 0.307 e. The van der Waals surface area contributed by atoms with Crippen LogP contribution in [0.25, 0.3) is 0 Å². The summed E-state index contributed by atoms with van der Waals surface area (Å²) in [5, 5.41) is 3.55. The van der Waals surface area contributed by atoms with Crippen molar-refractivity contribution >= 4 is 29.3 Å². The van der Waals surface area contributed by atoms with Gasteiger partial charge in [0.1, 0.15) is 0 Å². The first kappa shape index (κ1) is 23.5. The molecule has 1 aromatic heterocycles. The van der Waals surface area contributed by atoms with Crippen molar-refractivity contribution in [2.24, 2.45) is 0 Å². The number of nitrogens with zero attached hydrogens (tertiary/aromatic N) is 2. The van der Waals surface area contributed by atoms with Crippen LogP contribution in [-0.4, -0.2) is 28.1 Å². The molecule has 0 bridgehead atoms. The fourth-order valence-electron chi connectivity index (χ4n) is 3.32. The third kappa shape index (κ3) is 6.17. The maximum Gasteiger partial charge on any atom is 0.307 e. The summed E-state index contributed by atoms with van der Waals surface area (Å²) in [6.45, 7) is 5.80. The Bertz CT molecular complexity index is 1060. The highest BCUT2D eigenvalue weighted by Gasteiger charge is 2.25. The number of esters is 1. The number of benzene rings is 2. The molecule has 0 spiro atoms. The van der Waals surface area contributed by atoms with Crippen LogP contribution in [0.1, 0.15) is 40.6 Å². The number of hydrogen-bond acceptors (Lipinski definition) is 6. The molecule has 0 radical (unpaired) electrons. The molecule has 0 saturated heterocycles. The molecule has 1 unspecified atom stereocenters. The first-order valence-corrected chi connectivity index (χ1v) is 11.6. The molecule has 1 atom stereocenters. The van der Waals surface area contributed by atoms with Crippen molar-refractivity contribution in [2.45, 2.75) is 44.9 Å². The molecule has 0 aliphatic heterocycles. The summed E-state index contributed by atoms with van der Waals surface area (Å²) >= 11 is 1.48. The quantitative estimate of drug-likeness (QED) is 0.297. The van der Waals surface area contributed by atoms with Gasteiger partial charge < -0.3 is 10.1 Å². The predicted molar refractivity (Wildman–Crippen MR) is 127 cm³/mol. The van der Waals surface area contributed by atoms with E-state index in [2.05, 4.69) is 15.3 Å². The Kier molecular flexibility index (Phi) is 8.00. The van der Waals surface area contributed by atoms with Crippen LogP contribution in [0, 0.1) is 20.8 Å². The normalized spacial score (nSPS) is 11.6. The monoisotopic (exact) mass is 449 g/mol. The van der Waals surface area contributed by atoms with Gasteiger partial charge in [-0.15, -0.1) is 0 Å². The lowest BCUT2D eigenvalue weighted by molar-refractivity contribution is -0.154. The summed E-state index contributed by atoms with van der Waals surface area (Å²) in [4.78, 5) is 34.6. The van der Waals surface area contributed by atoms with E-state index < -0.39 is 18.0 Å². The predicted octanol–water partition coefficient (Wildman–Crippen LogP) is 4.98. The summed E-state index contributed by atoms with van der Waals surface area (Å²) in [5.41, 5.74) is 4.99. The highest BCUT2D eigenvalue weighted by atomic mass is 32.2. The SMILES string of the molecule is CSc1nc(C)c(CCC(=O)OC(C(=O)Nc2ccc(C)cc2)c2ccccc2)c(C)n1. The Balaban J connectivity index is 1.71. The van der Waals surface area contributed by atoms with E-state index in [4.69, 9.17) is 4.74 Å². The Morgan fingerprint density at radius 3 is 2.19 bits per heavy atom. The number of nitrogens with one attached hydrogen (secondary N) is 1. The number of aryl methyl sites for hydroxylation is 3. The zero-order chi connectivity index (χ0) is 23.1. The number of carbonyl (C=O) groups excluding carboxylic acids is 2. The average Bonchev–Trinajstić information content (AvgIpc) is 2.78. The molecule has 166 valence electrons. The average molecular weight is 450 g/mol. The van der Waals surface area contributed by atoms with Gasteiger partial charge in [0.15, 0.2) is 5.16 Å². The Hall–Kier alpha value is -3.19. The zero-order valence-corrected chi connectivity index (χ0v) is 19.5. The number of anilines is 1. The molecule has 0 fully saturated rings. The molecular formula is C25H27N3O3S. The molecule has 7 heteroatoms. The van der Waals surface area contributed by atoms with Gasteiger partial charge in [0.05, 0.1) is 0 Å². The second-order valence-corrected chi connectivity index (χ2v) is 8.27. The minimum Gasteiger partial charge on any atom is -0.447 e. The van der Waals surface area contributed by atoms with Gasteiger partial charge in [-0.25, -0.2) is 9.97 Å². The number of amides is 1. The van der Waals surface area contributed by atoms with E-state index in [1.54, 1.807) is 12.1 Å². The molecular weight excluding hydrogens is 422 g/mol. The van der Waals surface area contributed by atoms with Crippen molar-refractivity contribution in [3.05, 3.63) is 82.7 Å². The van der Waals surface area contributed by atoms with Crippen LogP contribution in [-0.2, 0) is 20.7 Å². The highest BCUT2D eigenvalue weighted by molar-refractivity contribution is 7.98. The Labute approximate surface area is 192 Å². The standard InChI is InChI=1S/C25H27N3O3S/c1-16-10-12-20(13-11-16)28-24(30)23(19-8-6-5-7-9-19)31-22(29)15-14-21-17(2)26-25(32-4)27-18(21)3/h5-13,23H,14-15H2,1-4H3,(H,28,30). The van der Waals surface area contributed by atoms with Gasteiger partial charge in [-0.2, -0.15) is 0 Å². The van der Waals surface area contributed by atoms with Gasteiger partial charge in [0, 0.05) is 29.1 Å². The van der Waals surface area contributed by atoms with E-state index in [9.17, 15) is 9.59 Å². The number of ether oxygens (including phenoxy) is 1. The second-order valence-electron chi connectivity index (χ2n) is 7.50. The molecule has 6 nitrogen and oxygen atoms in total. The largest absolute Gasteiger partial charge is 0.447 e. The van der Waals surface area contributed by atoms with Gasteiger partial charge in [-0.05, 0) is 51.1 Å². The Morgan fingerprint density at radius 1 is 0.969 bits per heavy atom. The molecule has 1 amide bonds. The summed E-state index contributed by atoms with van der Waals surface area (Å²) in [5.74, 6) is -0.848. The van der Waals surface area contributed by atoms with Crippen LogP contribution in [0.5, 0.6) is 0 Å². The van der Waals surface area contributed by atoms with Crippen molar-refractivity contribution in [3.8, 4) is 0 Å². The van der Waals surface area contributed by atoms with E-state index in [0.29, 0.717) is 22.8 Å². The van der Waals surface area contributed by atoms with Crippen molar-refractivity contribution < 1.29 is 14.3 Å². The maximum atomic E-state index is 13.0. The summed E-state index contributed by atoms with van der Waals surface area (Å²) in [7, 11) is 0. The highest BCUT2D eigenvalue weighted by Crippen LogP contribution is 2.22. The number of carbonyl (C=O) groups is 2. The molecule has 0 aliphatic rings. The summed E-state index contributed by atoms with van der Waals surface area (Å²) in [6.07, 6.45) is 1.47. The lowest BCUT2D eigenvalue weighted by Crippen LogP contribution is -2.26. The lowest BCUT2D eigenvalue weighted by atomic mass is 10.1. The molecule has 0 aliphatic carbocycles. The molecule has 1 heterocycles. The van der Waals surface area contributed by atoms with E-state index in [1.807, 2.05) is 69.5 Å². The van der Waals surface area contributed by atoms with Crippen LogP contribution in [0.3, 0.4) is 0 Å². The molecule has 3 rings (SSSR count). The van der Waals surface area contributed by atoms with Gasteiger partial charge in [0.25, 0.3) is 5.91 Å². The number of thioether (sulfide) groups is 1. The van der Waals surface area contributed by atoms with Crippen molar-refractivity contribution in [1.82, 2.24) is 9.97 Å². The number of aromatic nitrogens is 2. The van der Waals surface area contributed by atoms with Crippen molar-refractivity contribution in [2.75, 3.05) is 11.6 Å². The van der Waals surface area contributed by atoms with Crippen LogP contribution in [0.4, 0.5) is 5.69 Å². The minimum atomic E-state index is -1.04. The second kappa shape index (κ2) is 10.9. The first-order chi connectivity index (χ1) is 15.4. The number of rotatable bonds is 8. The van der Waals surface area contributed by atoms with Crippen LogP contribution in [0.15, 0.2) is 59.8 Å². The summed E-state index contributed by atoms with van der Waals surface area (Å²) in [6, 6.07) is 16.5. The van der Waals surface area contributed by atoms with E-state index >= 15 is 0 Å². The molecule has 3 aromatic rings. The van der Waals surface area contributed by atoms with E-state index in [1.165, 1.54) is 11.8 Å². The summed E-state index contributed by atoms with van der Waals surface area (Å²) < 4.78 is 5.64. The fourth-order valence-corrected chi connectivity index (χ4v) is 3.78. The Morgan fingerprint density at radius 2 is 1.59 bits per heavy atom. The van der Waals surface area contributed by atoms with Crippen LogP contribution < -0.4 is 5.32 Å². The maximum absolute atomic E-state index is 13.0. The molecule has 32 heavy (non-hydrogen) atoms. The topological polar surface area (TPSA) is 81.2 Å². The third-order valence-corrected chi connectivity index (χ3v) is 5.62.